The van der Waals surface area contributed by atoms with Gasteiger partial charge in [-0.1, -0.05) is 12.2 Å². The molecule has 1 fully saturated rings. The van der Waals surface area contributed by atoms with Crippen LogP contribution in [0.1, 0.15) is 13.3 Å². The second-order valence-electron chi connectivity index (χ2n) is 6.87. The van der Waals surface area contributed by atoms with Crippen molar-refractivity contribution in [3.05, 3.63) is 58.3 Å². The van der Waals surface area contributed by atoms with E-state index in [1.54, 1.807) is 12.2 Å². The molecule has 6 heteroatoms. The van der Waals surface area contributed by atoms with Gasteiger partial charge in [0.1, 0.15) is 11.5 Å². The molecule has 0 aromatic heterocycles. The van der Waals surface area contributed by atoms with E-state index in [2.05, 4.69) is 0 Å². The number of fused-ring (bicyclic) bond motifs is 4. The van der Waals surface area contributed by atoms with E-state index in [4.69, 9.17) is 0 Å². The molecule has 25 heavy (non-hydrogen) atoms. The fraction of sp³-hybridized carbons (Fsp3) is 0.316. The maximum atomic E-state index is 12.9. The molecule has 0 amide bonds. The Kier molecular flexibility index (Phi) is 3.16. The smallest absolute Gasteiger partial charge is 0.227 e. The van der Waals surface area contributed by atoms with Gasteiger partial charge in [0, 0.05) is 22.6 Å². The maximum Gasteiger partial charge on any atom is 0.227 e. The van der Waals surface area contributed by atoms with Gasteiger partial charge in [-0.3, -0.25) is 14.4 Å². The van der Waals surface area contributed by atoms with Crippen molar-refractivity contribution in [2.45, 2.75) is 13.3 Å². The largest absolute Gasteiger partial charge is 0.512 e. The molecule has 3 N–H and O–H groups in total. The van der Waals surface area contributed by atoms with Crippen LogP contribution in [0.15, 0.2) is 58.3 Å². The lowest BCUT2D eigenvalue weighted by Gasteiger charge is -2.43. The van der Waals surface area contributed by atoms with Crippen LogP contribution in [0, 0.1) is 23.7 Å². The van der Waals surface area contributed by atoms with Crippen LogP contribution in [0.25, 0.3) is 0 Å². The van der Waals surface area contributed by atoms with Gasteiger partial charge in [-0.2, -0.15) is 0 Å². The van der Waals surface area contributed by atoms with Gasteiger partial charge in [0.15, 0.2) is 17.3 Å². The van der Waals surface area contributed by atoms with E-state index in [-0.39, 0.29) is 34.2 Å². The van der Waals surface area contributed by atoms with Crippen LogP contribution < -0.4 is 0 Å². The SMILES string of the molecule is CC1=C(O)C2=CC(=O)C3C(=O)C4C(O)=CC=CC4CC3C2=C(O)C1=O. The number of Topliss-reactive ketones (excluding diaryl/α,β-unsaturated/α-hetero) is 2. The lowest BCUT2D eigenvalue weighted by molar-refractivity contribution is -0.139. The first kappa shape index (κ1) is 15.6. The summed E-state index contributed by atoms with van der Waals surface area (Å²) in [5, 5.41) is 30.7. The molecule has 4 unspecified atom stereocenters. The van der Waals surface area contributed by atoms with Gasteiger partial charge in [0.2, 0.25) is 5.78 Å². The molecule has 4 rings (SSSR count). The predicted octanol–water partition coefficient (Wildman–Crippen LogP) is 2.17. The molecule has 4 aliphatic carbocycles. The summed E-state index contributed by atoms with van der Waals surface area (Å²) >= 11 is 0. The van der Waals surface area contributed by atoms with Gasteiger partial charge < -0.3 is 15.3 Å². The molecule has 0 heterocycles. The van der Waals surface area contributed by atoms with Gasteiger partial charge in [-0.25, -0.2) is 0 Å². The third kappa shape index (κ3) is 1.94. The second kappa shape index (κ2) is 5.05. The molecule has 0 radical (unpaired) electrons. The van der Waals surface area contributed by atoms with E-state index in [1.165, 1.54) is 13.0 Å². The van der Waals surface area contributed by atoms with Crippen molar-refractivity contribution in [1.29, 1.82) is 0 Å². The first-order valence-corrected chi connectivity index (χ1v) is 8.08. The lowest BCUT2D eigenvalue weighted by atomic mass is 9.58. The molecular formula is C19H16O6. The van der Waals surface area contributed by atoms with E-state index in [1.807, 2.05) is 0 Å². The van der Waals surface area contributed by atoms with E-state index < -0.39 is 40.9 Å². The molecular weight excluding hydrogens is 324 g/mol. The van der Waals surface area contributed by atoms with E-state index in [0.29, 0.717) is 6.42 Å². The average Bonchev–Trinajstić information content (AvgIpc) is 2.57. The van der Waals surface area contributed by atoms with Crippen LogP contribution in [-0.2, 0) is 14.4 Å². The van der Waals surface area contributed by atoms with Crippen molar-refractivity contribution in [2.24, 2.45) is 23.7 Å². The van der Waals surface area contributed by atoms with Crippen LogP contribution in [0.3, 0.4) is 0 Å². The van der Waals surface area contributed by atoms with Gasteiger partial charge in [0.05, 0.1) is 11.8 Å². The zero-order valence-electron chi connectivity index (χ0n) is 13.4. The Bertz CT molecular complexity index is 895. The summed E-state index contributed by atoms with van der Waals surface area (Å²) in [6.45, 7) is 1.37. The summed E-state index contributed by atoms with van der Waals surface area (Å²) in [5.74, 6) is -5.39. The molecule has 0 aromatic carbocycles. The van der Waals surface area contributed by atoms with E-state index in [0.717, 1.165) is 6.08 Å². The van der Waals surface area contributed by atoms with Gasteiger partial charge in [-0.15, -0.1) is 0 Å². The Hall–Kier alpha value is -2.89. The summed E-state index contributed by atoms with van der Waals surface area (Å²) in [5.41, 5.74) is 0.246. The van der Waals surface area contributed by atoms with Crippen LogP contribution in [0.2, 0.25) is 0 Å². The Balaban J connectivity index is 1.89. The zero-order chi connectivity index (χ0) is 18.0. The van der Waals surface area contributed by atoms with Crippen molar-refractivity contribution in [1.82, 2.24) is 0 Å². The van der Waals surface area contributed by atoms with Gasteiger partial charge in [-0.05, 0) is 31.4 Å². The molecule has 4 aliphatic rings. The summed E-state index contributed by atoms with van der Waals surface area (Å²) in [6, 6.07) is 0. The molecule has 0 aliphatic heterocycles. The first-order valence-electron chi connectivity index (χ1n) is 8.08. The number of aliphatic hydroxyl groups excluding tert-OH is 3. The minimum absolute atomic E-state index is 0.0306. The summed E-state index contributed by atoms with van der Waals surface area (Å²) < 4.78 is 0. The Morgan fingerprint density at radius 3 is 2.48 bits per heavy atom. The molecule has 1 saturated carbocycles. The van der Waals surface area contributed by atoms with E-state index >= 15 is 0 Å². The third-order valence-electron chi connectivity index (χ3n) is 5.59. The standard InChI is InChI=1S/C19H16O6/c1-7-16(22)10-6-12(21)15-9(14(10)19(25)17(7)23)5-8-3-2-4-11(20)13(8)18(15)24/h2-4,6,8-9,13,15,20,22,25H,5H2,1H3. The quantitative estimate of drug-likeness (QED) is 0.583. The Morgan fingerprint density at radius 2 is 1.76 bits per heavy atom. The van der Waals surface area contributed by atoms with Gasteiger partial charge >= 0.3 is 0 Å². The molecule has 0 aromatic rings. The van der Waals surface area contributed by atoms with Gasteiger partial charge in [0.25, 0.3) is 0 Å². The topological polar surface area (TPSA) is 112 Å². The monoisotopic (exact) mass is 340 g/mol. The number of ketones is 3. The third-order valence-corrected chi connectivity index (χ3v) is 5.59. The lowest BCUT2D eigenvalue weighted by Crippen LogP contribution is -2.48. The van der Waals surface area contributed by atoms with Crippen LogP contribution in [0.4, 0.5) is 0 Å². The first-order chi connectivity index (χ1) is 11.8. The Morgan fingerprint density at radius 1 is 1.04 bits per heavy atom. The fourth-order valence-corrected chi connectivity index (χ4v) is 4.36. The average molecular weight is 340 g/mol. The van der Waals surface area contributed by atoms with Crippen molar-refractivity contribution < 1.29 is 29.7 Å². The number of aliphatic hydroxyl groups is 3. The minimum Gasteiger partial charge on any atom is -0.512 e. The molecule has 0 saturated heterocycles. The number of hydrogen-bond acceptors (Lipinski definition) is 6. The zero-order valence-corrected chi connectivity index (χ0v) is 13.4. The second-order valence-corrected chi connectivity index (χ2v) is 6.87. The van der Waals surface area contributed by atoms with Crippen molar-refractivity contribution in [3.63, 3.8) is 0 Å². The molecule has 4 atom stereocenters. The number of carbonyl (C=O) groups is 3. The summed E-state index contributed by atoms with van der Waals surface area (Å²) in [4.78, 5) is 37.6. The van der Waals surface area contributed by atoms with Crippen molar-refractivity contribution >= 4 is 17.3 Å². The van der Waals surface area contributed by atoms with Crippen LogP contribution >= 0.6 is 0 Å². The fourth-order valence-electron chi connectivity index (χ4n) is 4.36. The molecule has 0 spiro atoms. The summed E-state index contributed by atoms with van der Waals surface area (Å²) in [7, 11) is 0. The molecule has 6 nitrogen and oxygen atoms in total. The maximum absolute atomic E-state index is 12.9. The highest BCUT2D eigenvalue weighted by Crippen LogP contribution is 2.50. The van der Waals surface area contributed by atoms with Crippen molar-refractivity contribution in [3.8, 4) is 0 Å². The van der Waals surface area contributed by atoms with Crippen LogP contribution in [-0.4, -0.2) is 32.7 Å². The number of allylic oxidation sites excluding steroid dienone is 7. The van der Waals surface area contributed by atoms with E-state index in [9.17, 15) is 29.7 Å². The number of hydrogen-bond donors (Lipinski definition) is 3. The molecule has 0 bridgehead atoms. The van der Waals surface area contributed by atoms with Crippen LogP contribution in [0.5, 0.6) is 0 Å². The summed E-state index contributed by atoms with van der Waals surface area (Å²) in [6.07, 6.45) is 6.30. The highest BCUT2D eigenvalue weighted by molar-refractivity contribution is 6.15. The van der Waals surface area contributed by atoms with Crippen molar-refractivity contribution in [2.75, 3.05) is 0 Å². The number of rotatable bonds is 0. The highest BCUT2D eigenvalue weighted by Gasteiger charge is 2.53. The minimum atomic E-state index is -1.07. The highest BCUT2D eigenvalue weighted by atomic mass is 16.3. The Labute approximate surface area is 143 Å². The predicted molar refractivity (Wildman–Crippen MR) is 86.5 cm³/mol. The normalized spacial score (nSPS) is 34.4. The number of carbonyl (C=O) groups excluding carboxylic acids is 3. The molecule has 128 valence electrons.